The fraction of sp³-hybridized carbons (Fsp3) is 0.684. The summed E-state index contributed by atoms with van der Waals surface area (Å²) in [4.78, 5) is 13.9. The van der Waals surface area contributed by atoms with E-state index in [4.69, 9.17) is 4.99 Å². The summed E-state index contributed by atoms with van der Waals surface area (Å²) in [6.45, 7) is 8.46. The maximum atomic E-state index is 4.77. The van der Waals surface area contributed by atoms with Gasteiger partial charge in [-0.25, -0.2) is 9.98 Å². The van der Waals surface area contributed by atoms with Gasteiger partial charge in [0.25, 0.3) is 0 Å². The number of aliphatic imine (C=N–C) groups is 1. The minimum Gasteiger partial charge on any atom is -0.355 e. The van der Waals surface area contributed by atoms with Crippen molar-refractivity contribution in [2.24, 2.45) is 12.0 Å². The first-order valence-corrected chi connectivity index (χ1v) is 11.1. The average molecular weight is 548 g/mol. The standard InChI is InChI=1S/C19H33N9S.HI/c1-6-28-9-7-8-16(28)11-21-18(22-12-17-25-24-14(2)27(17)5)20-10-15-13-29-19(23-15)26(3)4;/h13,16H,6-12H2,1-5H3,(H2,20,21,22);1H. The van der Waals surface area contributed by atoms with Crippen molar-refractivity contribution in [3.63, 3.8) is 0 Å². The molecule has 2 N–H and O–H groups in total. The summed E-state index contributed by atoms with van der Waals surface area (Å²) < 4.78 is 1.99. The normalized spacial score (nSPS) is 17.1. The van der Waals surface area contributed by atoms with Crippen molar-refractivity contribution < 1.29 is 0 Å². The van der Waals surface area contributed by atoms with Crippen molar-refractivity contribution >= 4 is 46.4 Å². The first kappa shape index (κ1) is 24.8. The van der Waals surface area contributed by atoms with Gasteiger partial charge in [-0.2, -0.15) is 0 Å². The predicted molar refractivity (Wildman–Crippen MR) is 134 cm³/mol. The van der Waals surface area contributed by atoms with Crippen LogP contribution in [0.4, 0.5) is 5.13 Å². The molecule has 168 valence electrons. The van der Waals surface area contributed by atoms with Crippen molar-refractivity contribution in [1.29, 1.82) is 0 Å². The number of rotatable bonds is 8. The van der Waals surface area contributed by atoms with E-state index in [2.05, 4.69) is 43.0 Å². The number of aryl methyl sites for hydroxylation is 1. The van der Waals surface area contributed by atoms with Crippen LogP contribution in [0.25, 0.3) is 0 Å². The smallest absolute Gasteiger partial charge is 0.192 e. The van der Waals surface area contributed by atoms with E-state index in [-0.39, 0.29) is 24.0 Å². The molecule has 0 spiro atoms. The van der Waals surface area contributed by atoms with Crippen molar-refractivity contribution in [3.05, 3.63) is 22.7 Å². The van der Waals surface area contributed by atoms with Crippen LogP contribution in [0.5, 0.6) is 0 Å². The summed E-state index contributed by atoms with van der Waals surface area (Å²) in [6, 6.07) is 0.559. The van der Waals surface area contributed by atoms with Gasteiger partial charge in [-0.3, -0.25) is 4.90 Å². The largest absolute Gasteiger partial charge is 0.355 e. The third kappa shape index (κ3) is 6.51. The molecule has 0 bridgehead atoms. The topological polar surface area (TPSA) is 86.5 Å². The van der Waals surface area contributed by atoms with Crippen LogP contribution in [0.15, 0.2) is 10.4 Å². The van der Waals surface area contributed by atoms with Gasteiger partial charge in [0.05, 0.1) is 18.8 Å². The zero-order valence-corrected chi connectivity index (χ0v) is 21.7. The molecule has 3 rings (SSSR count). The van der Waals surface area contributed by atoms with Crippen LogP contribution in [-0.2, 0) is 20.1 Å². The van der Waals surface area contributed by atoms with Crippen LogP contribution in [0, 0.1) is 6.92 Å². The predicted octanol–water partition coefficient (Wildman–Crippen LogP) is 1.98. The molecule has 3 heterocycles. The lowest BCUT2D eigenvalue weighted by Gasteiger charge is -2.24. The number of hydrogen-bond acceptors (Lipinski definition) is 7. The molecule has 0 aliphatic carbocycles. The molecule has 1 aliphatic heterocycles. The van der Waals surface area contributed by atoms with Gasteiger partial charge in [0.15, 0.2) is 16.9 Å². The zero-order chi connectivity index (χ0) is 20.8. The number of halogens is 1. The third-order valence-corrected chi connectivity index (χ3v) is 6.39. The molecule has 1 unspecified atom stereocenters. The summed E-state index contributed by atoms with van der Waals surface area (Å²) in [7, 11) is 5.99. The van der Waals surface area contributed by atoms with Crippen molar-refractivity contribution in [1.82, 2.24) is 35.3 Å². The molecule has 30 heavy (non-hydrogen) atoms. The van der Waals surface area contributed by atoms with Crippen LogP contribution in [-0.4, -0.2) is 70.4 Å². The van der Waals surface area contributed by atoms with E-state index in [0.29, 0.717) is 19.1 Å². The molecule has 1 fully saturated rings. The third-order valence-electron chi connectivity index (χ3n) is 5.33. The molecular formula is C19H34IN9S. The lowest BCUT2D eigenvalue weighted by Crippen LogP contribution is -2.44. The van der Waals surface area contributed by atoms with Gasteiger partial charge in [-0.1, -0.05) is 6.92 Å². The number of likely N-dealkylation sites (N-methyl/N-ethyl adjacent to an activating group) is 1. The first-order chi connectivity index (χ1) is 14.0. The molecule has 9 nitrogen and oxygen atoms in total. The number of hydrogen-bond donors (Lipinski definition) is 2. The number of thiazole rings is 1. The van der Waals surface area contributed by atoms with Crippen molar-refractivity contribution in [3.8, 4) is 0 Å². The lowest BCUT2D eigenvalue weighted by molar-refractivity contribution is 0.267. The Morgan fingerprint density at radius 3 is 2.77 bits per heavy atom. The van der Waals surface area contributed by atoms with Gasteiger partial charge in [-0.15, -0.1) is 45.5 Å². The number of likely N-dealkylation sites (tertiary alicyclic amines) is 1. The SMILES string of the molecule is CCN1CCCC1CNC(=NCc1csc(N(C)C)n1)NCc1nnc(C)n1C.I. The Morgan fingerprint density at radius 2 is 2.13 bits per heavy atom. The Balaban J connectivity index is 0.00000320. The molecule has 1 aliphatic rings. The Bertz CT molecular complexity index is 817. The van der Waals surface area contributed by atoms with E-state index in [1.165, 1.54) is 19.4 Å². The Kier molecular flexibility index (Phi) is 9.75. The fourth-order valence-electron chi connectivity index (χ4n) is 3.43. The highest BCUT2D eigenvalue weighted by atomic mass is 127. The number of nitrogens with one attached hydrogen (secondary N) is 2. The summed E-state index contributed by atoms with van der Waals surface area (Å²) in [5, 5.41) is 18.4. The second-order valence-electron chi connectivity index (χ2n) is 7.56. The van der Waals surface area contributed by atoms with E-state index in [0.717, 1.165) is 41.5 Å². The monoisotopic (exact) mass is 547 g/mol. The van der Waals surface area contributed by atoms with Crippen LogP contribution in [0.3, 0.4) is 0 Å². The molecule has 0 radical (unpaired) electrons. The molecular weight excluding hydrogens is 513 g/mol. The molecule has 11 heteroatoms. The average Bonchev–Trinajstić information content (AvgIpc) is 3.43. The first-order valence-electron chi connectivity index (χ1n) is 10.2. The van der Waals surface area contributed by atoms with Crippen LogP contribution in [0.1, 0.15) is 37.1 Å². The molecule has 2 aromatic heterocycles. The quantitative estimate of drug-likeness (QED) is 0.297. The lowest BCUT2D eigenvalue weighted by atomic mass is 10.2. The minimum atomic E-state index is 0. The van der Waals surface area contributed by atoms with Crippen LogP contribution >= 0.6 is 35.3 Å². The Labute approximate surface area is 200 Å². The second-order valence-corrected chi connectivity index (χ2v) is 8.40. The number of anilines is 1. The number of guanidine groups is 1. The maximum absolute atomic E-state index is 4.77. The highest BCUT2D eigenvalue weighted by Gasteiger charge is 2.22. The van der Waals surface area contributed by atoms with E-state index < -0.39 is 0 Å². The van der Waals surface area contributed by atoms with E-state index in [1.54, 1.807) is 11.3 Å². The summed E-state index contributed by atoms with van der Waals surface area (Å²) in [5.74, 6) is 2.57. The van der Waals surface area contributed by atoms with Gasteiger partial charge < -0.3 is 20.1 Å². The zero-order valence-electron chi connectivity index (χ0n) is 18.6. The Morgan fingerprint density at radius 1 is 1.33 bits per heavy atom. The van der Waals surface area contributed by atoms with E-state index in [9.17, 15) is 0 Å². The molecule has 0 saturated carbocycles. The highest BCUT2D eigenvalue weighted by molar-refractivity contribution is 14.0. The summed E-state index contributed by atoms with van der Waals surface area (Å²) in [5.41, 5.74) is 0.977. The van der Waals surface area contributed by atoms with Crippen LogP contribution in [0.2, 0.25) is 0 Å². The van der Waals surface area contributed by atoms with Crippen molar-refractivity contribution in [2.45, 2.75) is 45.8 Å². The van der Waals surface area contributed by atoms with Gasteiger partial charge in [0, 0.05) is 39.1 Å². The molecule has 2 aromatic rings. The van der Waals surface area contributed by atoms with Gasteiger partial charge >= 0.3 is 0 Å². The van der Waals surface area contributed by atoms with E-state index >= 15 is 0 Å². The second kappa shape index (κ2) is 11.8. The van der Waals surface area contributed by atoms with Gasteiger partial charge in [0.1, 0.15) is 5.82 Å². The fourth-order valence-corrected chi connectivity index (χ4v) is 4.18. The van der Waals surface area contributed by atoms with Crippen LogP contribution < -0.4 is 15.5 Å². The summed E-state index contributed by atoms with van der Waals surface area (Å²) in [6.07, 6.45) is 2.50. The van der Waals surface area contributed by atoms with E-state index in [1.807, 2.05) is 37.5 Å². The highest BCUT2D eigenvalue weighted by Crippen LogP contribution is 2.18. The Hall–Kier alpha value is -1.47. The number of nitrogens with zero attached hydrogens (tertiary/aromatic N) is 7. The molecule has 0 amide bonds. The molecule has 0 aromatic carbocycles. The maximum Gasteiger partial charge on any atom is 0.192 e. The van der Waals surface area contributed by atoms with Crippen molar-refractivity contribution in [2.75, 3.05) is 38.6 Å². The minimum absolute atomic E-state index is 0. The molecule has 1 atom stereocenters. The number of aromatic nitrogens is 4. The molecule has 1 saturated heterocycles. The van der Waals surface area contributed by atoms with Gasteiger partial charge in [-0.05, 0) is 32.9 Å². The summed E-state index contributed by atoms with van der Waals surface area (Å²) >= 11 is 1.64. The van der Waals surface area contributed by atoms with Gasteiger partial charge in [0.2, 0.25) is 0 Å².